The summed E-state index contributed by atoms with van der Waals surface area (Å²) < 4.78 is 0. The maximum Gasteiger partial charge on any atom is 0.0675 e. The van der Waals surface area contributed by atoms with E-state index in [9.17, 15) is 0 Å². The van der Waals surface area contributed by atoms with Gasteiger partial charge in [0.25, 0.3) is 0 Å². The molecule has 0 spiro atoms. The third kappa shape index (κ3) is 1.80. The van der Waals surface area contributed by atoms with Gasteiger partial charge in [0, 0.05) is 6.20 Å². The number of hydrogen-bond acceptors (Lipinski definition) is 2. The largest absolute Gasteiger partial charge is 0.404 e. The first-order chi connectivity index (χ1) is 5.24. The van der Waals surface area contributed by atoms with Crippen LogP contribution in [0.25, 0.3) is 5.57 Å². The summed E-state index contributed by atoms with van der Waals surface area (Å²) in [6.45, 7) is 3.98. The third-order valence-corrected chi connectivity index (χ3v) is 1.57. The van der Waals surface area contributed by atoms with Crippen molar-refractivity contribution in [3.05, 3.63) is 35.8 Å². The first-order valence-electron chi connectivity index (χ1n) is 3.55. The van der Waals surface area contributed by atoms with Gasteiger partial charge in [-0.05, 0) is 43.3 Å². The van der Waals surface area contributed by atoms with E-state index >= 15 is 0 Å². The maximum atomic E-state index is 5.35. The van der Waals surface area contributed by atoms with Crippen molar-refractivity contribution in [2.45, 2.75) is 13.8 Å². The summed E-state index contributed by atoms with van der Waals surface area (Å²) in [5, 5.41) is 0. The van der Waals surface area contributed by atoms with E-state index in [0.29, 0.717) is 0 Å². The number of nitrogens with zero attached hydrogens (tertiary/aromatic N) is 1. The highest BCUT2D eigenvalue weighted by Gasteiger charge is 1.94. The van der Waals surface area contributed by atoms with Crippen molar-refractivity contribution in [1.29, 1.82) is 0 Å². The summed E-state index contributed by atoms with van der Waals surface area (Å²) in [7, 11) is 0. The number of pyridine rings is 1. The van der Waals surface area contributed by atoms with Gasteiger partial charge in [-0.2, -0.15) is 0 Å². The van der Waals surface area contributed by atoms with Crippen LogP contribution in [0.5, 0.6) is 0 Å². The number of nitrogens with two attached hydrogens (primary N) is 1. The van der Waals surface area contributed by atoms with E-state index in [4.69, 9.17) is 5.73 Å². The molecule has 11 heavy (non-hydrogen) atoms. The SMILES string of the molecule is C/C(=C/N)c1cc(C)ccn1. The third-order valence-electron chi connectivity index (χ3n) is 1.57. The predicted molar refractivity (Wildman–Crippen MR) is 46.8 cm³/mol. The van der Waals surface area contributed by atoms with E-state index in [-0.39, 0.29) is 0 Å². The fourth-order valence-electron chi connectivity index (χ4n) is 0.837. The molecule has 0 aromatic carbocycles. The molecule has 0 aliphatic heterocycles. The van der Waals surface area contributed by atoms with Crippen molar-refractivity contribution < 1.29 is 0 Å². The fourth-order valence-corrected chi connectivity index (χ4v) is 0.837. The first-order valence-corrected chi connectivity index (χ1v) is 3.55. The van der Waals surface area contributed by atoms with Crippen LogP contribution in [0.2, 0.25) is 0 Å². The molecule has 1 heterocycles. The van der Waals surface area contributed by atoms with Crippen molar-refractivity contribution >= 4 is 5.57 Å². The smallest absolute Gasteiger partial charge is 0.0675 e. The van der Waals surface area contributed by atoms with E-state index < -0.39 is 0 Å². The van der Waals surface area contributed by atoms with Gasteiger partial charge in [0.05, 0.1) is 5.69 Å². The Labute approximate surface area is 66.8 Å². The van der Waals surface area contributed by atoms with Crippen molar-refractivity contribution in [2.24, 2.45) is 5.73 Å². The van der Waals surface area contributed by atoms with Crippen LogP contribution in [0.3, 0.4) is 0 Å². The van der Waals surface area contributed by atoms with Gasteiger partial charge in [0.1, 0.15) is 0 Å². The van der Waals surface area contributed by atoms with Gasteiger partial charge in [0.2, 0.25) is 0 Å². The van der Waals surface area contributed by atoms with Crippen molar-refractivity contribution in [1.82, 2.24) is 4.98 Å². The zero-order valence-corrected chi connectivity index (χ0v) is 6.83. The van der Waals surface area contributed by atoms with Gasteiger partial charge in [-0.1, -0.05) is 0 Å². The minimum absolute atomic E-state index is 0.951. The van der Waals surface area contributed by atoms with Gasteiger partial charge >= 0.3 is 0 Å². The van der Waals surface area contributed by atoms with Crippen LogP contribution in [0, 0.1) is 6.92 Å². The first kappa shape index (κ1) is 7.79. The summed E-state index contributed by atoms with van der Waals surface area (Å²) in [5.74, 6) is 0. The van der Waals surface area contributed by atoms with Crippen LogP contribution in [-0.4, -0.2) is 4.98 Å². The molecule has 0 bridgehead atoms. The van der Waals surface area contributed by atoms with E-state index in [2.05, 4.69) is 4.98 Å². The monoisotopic (exact) mass is 148 g/mol. The number of aryl methyl sites for hydroxylation is 1. The van der Waals surface area contributed by atoms with Crippen molar-refractivity contribution in [3.63, 3.8) is 0 Å². The molecule has 0 unspecified atom stereocenters. The quantitative estimate of drug-likeness (QED) is 0.658. The molecule has 58 valence electrons. The molecule has 2 heteroatoms. The number of hydrogen-bond donors (Lipinski definition) is 1. The van der Waals surface area contributed by atoms with Gasteiger partial charge < -0.3 is 5.73 Å². The summed E-state index contributed by atoms with van der Waals surface area (Å²) >= 11 is 0. The van der Waals surface area contributed by atoms with Gasteiger partial charge in [0.15, 0.2) is 0 Å². The fraction of sp³-hybridized carbons (Fsp3) is 0.222. The number of aromatic nitrogens is 1. The van der Waals surface area contributed by atoms with Gasteiger partial charge in [-0.15, -0.1) is 0 Å². The van der Waals surface area contributed by atoms with Crippen molar-refractivity contribution in [3.8, 4) is 0 Å². The molecule has 0 saturated heterocycles. The second kappa shape index (κ2) is 3.19. The Kier molecular flexibility index (Phi) is 2.26. The Morgan fingerprint density at radius 2 is 2.36 bits per heavy atom. The molecule has 1 rings (SSSR count). The topological polar surface area (TPSA) is 38.9 Å². The summed E-state index contributed by atoms with van der Waals surface area (Å²) in [4.78, 5) is 4.16. The number of rotatable bonds is 1. The standard InChI is InChI=1S/C9H12N2/c1-7-3-4-11-9(5-7)8(2)6-10/h3-6H,10H2,1-2H3/b8-6-. The molecule has 1 aromatic heterocycles. The van der Waals surface area contributed by atoms with Gasteiger partial charge in [-0.3, -0.25) is 4.98 Å². The second-order valence-corrected chi connectivity index (χ2v) is 2.57. The lowest BCUT2D eigenvalue weighted by Gasteiger charge is -1.99. The van der Waals surface area contributed by atoms with Crippen LogP contribution >= 0.6 is 0 Å². The van der Waals surface area contributed by atoms with Crippen molar-refractivity contribution in [2.75, 3.05) is 0 Å². The zero-order valence-electron chi connectivity index (χ0n) is 6.83. The molecule has 0 radical (unpaired) electrons. The van der Waals surface area contributed by atoms with E-state index in [0.717, 1.165) is 11.3 Å². The maximum absolute atomic E-state index is 5.35. The van der Waals surface area contributed by atoms with Gasteiger partial charge in [-0.25, -0.2) is 0 Å². The minimum atomic E-state index is 0.951. The van der Waals surface area contributed by atoms with Crippen LogP contribution < -0.4 is 5.73 Å². The molecule has 1 aromatic rings. The lowest BCUT2D eigenvalue weighted by Crippen LogP contribution is -1.89. The lowest BCUT2D eigenvalue weighted by molar-refractivity contribution is 1.23. The van der Waals surface area contributed by atoms with Crippen LogP contribution in [0.1, 0.15) is 18.2 Å². The Hall–Kier alpha value is -1.31. The Morgan fingerprint density at radius 3 is 2.91 bits per heavy atom. The number of allylic oxidation sites excluding steroid dienone is 1. The summed E-state index contributed by atoms with van der Waals surface area (Å²) in [5.41, 5.74) is 8.52. The molecule has 0 aliphatic rings. The van der Waals surface area contributed by atoms with Crippen LogP contribution in [-0.2, 0) is 0 Å². The second-order valence-electron chi connectivity index (χ2n) is 2.57. The average molecular weight is 148 g/mol. The van der Waals surface area contributed by atoms with E-state index in [1.54, 1.807) is 12.4 Å². The molecule has 0 aliphatic carbocycles. The molecular weight excluding hydrogens is 136 g/mol. The summed E-state index contributed by atoms with van der Waals surface area (Å²) in [6, 6.07) is 3.98. The molecule has 0 amide bonds. The molecule has 0 fully saturated rings. The molecule has 0 atom stereocenters. The highest BCUT2D eigenvalue weighted by molar-refractivity contribution is 5.59. The Bertz CT molecular complexity index is 277. The molecular formula is C9H12N2. The minimum Gasteiger partial charge on any atom is -0.404 e. The van der Waals surface area contributed by atoms with E-state index in [1.165, 1.54) is 5.56 Å². The highest BCUT2D eigenvalue weighted by Crippen LogP contribution is 2.09. The van der Waals surface area contributed by atoms with Crippen LogP contribution in [0.4, 0.5) is 0 Å². The molecule has 2 N–H and O–H groups in total. The molecule has 2 nitrogen and oxygen atoms in total. The average Bonchev–Trinajstić information content (AvgIpc) is 2.03. The Balaban J connectivity index is 3.06. The van der Waals surface area contributed by atoms with E-state index in [1.807, 2.05) is 26.0 Å². The van der Waals surface area contributed by atoms with Crippen LogP contribution in [0.15, 0.2) is 24.5 Å². The highest BCUT2D eigenvalue weighted by atomic mass is 14.7. The predicted octanol–water partition coefficient (Wildman–Crippen LogP) is 1.71. The normalized spacial score (nSPS) is 11.6. The zero-order chi connectivity index (χ0) is 8.27. The lowest BCUT2D eigenvalue weighted by atomic mass is 10.2. The Morgan fingerprint density at radius 1 is 1.64 bits per heavy atom. The summed E-state index contributed by atoms with van der Waals surface area (Å²) in [6.07, 6.45) is 3.36. The molecule has 0 saturated carbocycles.